The number of hydrogen-bond donors (Lipinski definition) is 3. The molecule has 1 atom stereocenters. The number of carbonyl (C=O) groups excluding carboxylic acids is 2. The van der Waals surface area contributed by atoms with Crippen LogP contribution in [0.25, 0.3) is 0 Å². The molecule has 0 bridgehead atoms. The zero-order chi connectivity index (χ0) is 17.2. The first-order chi connectivity index (χ1) is 10.9. The Balaban J connectivity index is 2.43. The first-order valence-electron chi connectivity index (χ1n) is 7.53. The van der Waals surface area contributed by atoms with Crippen molar-refractivity contribution < 1.29 is 19.1 Å². The molecule has 0 heterocycles. The maximum atomic E-state index is 11.6. The molecule has 1 aromatic carbocycles. The highest BCUT2D eigenvalue weighted by molar-refractivity contribution is 5.97. The van der Waals surface area contributed by atoms with Gasteiger partial charge >= 0.3 is 6.03 Å². The lowest BCUT2D eigenvalue weighted by molar-refractivity contribution is -0.120. The lowest BCUT2D eigenvalue weighted by Crippen LogP contribution is -2.43. The average molecular weight is 323 g/mol. The van der Waals surface area contributed by atoms with E-state index in [0.717, 1.165) is 11.3 Å². The van der Waals surface area contributed by atoms with Crippen LogP contribution in [0.5, 0.6) is 0 Å². The molecule has 0 aliphatic carbocycles. The quantitative estimate of drug-likeness (QED) is 0.599. The monoisotopic (exact) mass is 323 g/mol. The van der Waals surface area contributed by atoms with Crippen LogP contribution >= 0.6 is 0 Å². The summed E-state index contributed by atoms with van der Waals surface area (Å²) in [5.41, 5.74) is 6.66. The molecular weight excluding hydrogens is 298 g/mol. The summed E-state index contributed by atoms with van der Waals surface area (Å²) >= 11 is 0. The van der Waals surface area contributed by atoms with Gasteiger partial charge < -0.3 is 20.5 Å². The van der Waals surface area contributed by atoms with Gasteiger partial charge in [-0.1, -0.05) is 12.1 Å². The minimum atomic E-state index is -0.866. The predicted octanol–water partition coefficient (Wildman–Crippen LogP) is 1.62. The number of rotatable bonds is 9. The second-order valence-corrected chi connectivity index (χ2v) is 5.39. The number of carbonyl (C=O) groups is 2. The Labute approximate surface area is 136 Å². The van der Waals surface area contributed by atoms with Gasteiger partial charge in [0.05, 0.1) is 25.9 Å². The molecule has 1 rings (SSSR count). The fourth-order valence-corrected chi connectivity index (χ4v) is 1.83. The van der Waals surface area contributed by atoms with E-state index in [1.165, 1.54) is 0 Å². The summed E-state index contributed by atoms with van der Waals surface area (Å²) in [6, 6.07) is 6.07. The van der Waals surface area contributed by atoms with E-state index in [0.29, 0.717) is 19.8 Å². The molecule has 128 valence electrons. The van der Waals surface area contributed by atoms with Crippen molar-refractivity contribution in [3.8, 4) is 0 Å². The van der Waals surface area contributed by atoms with E-state index >= 15 is 0 Å². The third-order valence-electron chi connectivity index (χ3n) is 2.90. The molecule has 0 unspecified atom stereocenters. The second kappa shape index (κ2) is 9.81. The molecule has 0 spiro atoms. The first kappa shape index (κ1) is 18.9. The SMILES string of the molecule is CC(C)OCCOCc1cccc(N[C@H](C)C(=O)NC(N)=O)c1. The summed E-state index contributed by atoms with van der Waals surface area (Å²) in [6.45, 7) is 7.13. The Bertz CT molecular complexity index is 520. The number of urea groups is 1. The number of ether oxygens (including phenoxy) is 2. The third-order valence-corrected chi connectivity index (χ3v) is 2.90. The van der Waals surface area contributed by atoms with Gasteiger partial charge in [-0.2, -0.15) is 0 Å². The fraction of sp³-hybridized carbons (Fsp3) is 0.500. The topological polar surface area (TPSA) is 103 Å². The summed E-state index contributed by atoms with van der Waals surface area (Å²) in [4.78, 5) is 22.3. The molecule has 0 aliphatic heterocycles. The summed E-state index contributed by atoms with van der Waals surface area (Å²) in [6.07, 6.45) is 0.194. The highest BCUT2D eigenvalue weighted by atomic mass is 16.5. The number of nitrogens with two attached hydrogens (primary N) is 1. The summed E-state index contributed by atoms with van der Waals surface area (Å²) in [5.74, 6) is -0.481. The van der Waals surface area contributed by atoms with Crippen LogP contribution in [-0.4, -0.2) is 37.3 Å². The Morgan fingerprint density at radius 3 is 2.61 bits per heavy atom. The first-order valence-corrected chi connectivity index (χ1v) is 7.53. The van der Waals surface area contributed by atoms with Gasteiger partial charge in [0.1, 0.15) is 6.04 Å². The molecule has 0 aliphatic rings. The molecule has 7 nitrogen and oxygen atoms in total. The van der Waals surface area contributed by atoms with Crippen molar-refractivity contribution in [1.29, 1.82) is 0 Å². The van der Waals surface area contributed by atoms with Gasteiger partial charge in [-0.3, -0.25) is 10.1 Å². The van der Waals surface area contributed by atoms with Crippen molar-refractivity contribution in [2.24, 2.45) is 5.73 Å². The van der Waals surface area contributed by atoms with Crippen LogP contribution < -0.4 is 16.4 Å². The zero-order valence-corrected chi connectivity index (χ0v) is 13.8. The third kappa shape index (κ3) is 8.18. The minimum Gasteiger partial charge on any atom is -0.376 e. The molecule has 0 fully saturated rings. The van der Waals surface area contributed by atoms with Crippen LogP contribution in [0.15, 0.2) is 24.3 Å². The van der Waals surface area contributed by atoms with Gasteiger partial charge in [-0.25, -0.2) is 4.79 Å². The Morgan fingerprint density at radius 1 is 1.22 bits per heavy atom. The van der Waals surface area contributed by atoms with Crippen LogP contribution in [0, 0.1) is 0 Å². The average Bonchev–Trinajstić information content (AvgIpc) is 2.46. The van der Waals surface area contributed by atoms with E-state index in [2.05, 4.69) is 5.32 Å². The van der Waals surface area contributed by atoms with Gasteiger partial charge in [-0.15, -0.1) is 0 Å². The maximum absolute atomic E-state index is 11.6. The Kier molecular flexibility index (Phi) is 8.07. The van der Waals surface area contributed by atoms with E-state index in [1.54, 1.807) is 6.92 Å². The molecule has 3 amide bonds. The highest BCUT2D eigenvalue weighted by Crippen LogP contribution is 2.13. The normalized spacial score (nSPS) is 12.0. The lowest BCUT2D eigenvalue weighted by Gasteiger charge is -2.15. The van der Waals surface area contributed by atoms with Crippen LogP contribution in [0.1, 0.15) is 26.3 Å². The lowest BCUT2D eigenvalue weighted by atomic mass is 10.2. The van der Waals surface area contributed by atoms with Crippen molar-refractivity contribution in [2.75, 3.05) is 18.5 Å². The van der Waals surface area contributed by atoms with Crippen molar-refractivity contribution >= 4 is 17.6 Å². The van der Waals surface area contributed by atoms with Crippen molar-refractivity contribution in [2.45, 2.75) is 39.5 Å². The van der Waals surface area contributed by atoms with Crippen LogP contribution in [0.3, 0.4) is 0 Å². The maximum Gasteiger partial charge on any atom is 0.318 e. The summed E-state index contributed by atoms with van der Waals surface area (Å²) < 4.78 is 10.9. The van der Waals surface area contributed by atoms with Gasteiger partial charge in [0.25, 0.3) is 0 Å². The number of nitrogens with one attached hydrogen (secondary N) is 2. The number of amides is 3. The number of primary amides is 1. The van der Waals surface area contributed by atoms with E-state index in [9.17, 15) is 9.59 Å². The van der Waals surface area contributed by atoms with Crippen LogP contribution in [-0.2, 0) is 20.9 Å². The number of anilines is 1. The van der Waals surface area contributed by atoms with Crippen molar-refractivity contribution in [3.63, 3.8) is 0 Å². The summed E-state index contributed by atoms with van der Waals surface area (Å²) in [7, 11) is 0. The Morgan fingerprint density at radius 2 is 1.96 bits per heavy atom. The highest BCUT2D eigenvalue weighted by Gasteiger charge is 2.14. The van der Waals surface area contributed by atoms with Crippen LogP contribution in [0.4, 0.5) is 10.5 Å². The number of hydrogen-bond acceptors (Lipinski definition) is 5. The summed E-state index contributed by atoms with van der Waals surface area (Å²) in [5, 5.41) is 5.04. The smallest absolute Gasteiger partial charge is 0.318 e. The van der Waals surface area contributed by atoms with Crippen LogP contribution in [0.2, 0.25) is 0 Å². The van der Waals surface area contributed by atoms with Gasteiger partial charge in [-0.05, 0) is 38.5 Å². The largest absolute Gasteiger partial charge is 0.376 e. The molecule has 4 N–H and O–H groups in total. The molecule has 7 heteroatoms. The van der Waals surface area contributed by atoms with Gasteiger partial charge in [0, 0.05) is 5.69 Å². The van der Waals surface area contributed by atoms with Crippen molar-refractivity contribution in [3.05, 3.63) is 29.8 Å². The minimum absolute atomic E-state index is 0.194. The van der Waals surface area contributed by atoms with E-state index in [-0.39, 0.29) is 6.10 Å². The van der Waals surface area contributed by atoms with Gasteiger partial charge in [0.15, 0.2) is 0 Å². The van der Waals surface area contributed by atoms with E-state index < -0.39 is 18.0 Å². The predicted molar refractivity (Wildman–Crippen MR) is 88.0 cm³/mol. The van der Waals surface area contributed by atoms with Crippen molar-refractivity contribution in [1.82, 2.24) is 5.32 Å². The molecule has 0 radical (unpaired) electrons. The fourth-order valence-electron chi connectivity index (χ4n) is 1.83. The molecular formula is C16H25N3O4. The number of imide groups is 1. The molecule has 0 aromatic heterocycles. The molecule has 23 heavy (non-hydrogen) atoms. The second-order valence-electron chi connectivity index (χ2n) is 5.39. The zero-order valence-electron chi connectivity index (χ0n) is 13.8. The number of benzene rings is 1. The van der Waals surface area contributed by atoms with Gasteiger partial charge in [0.2, 0.25) is 5.91 Å². The van der Waals surface area contributed by atoms with E-state index in [1.807, 2.05) is 43.4 Å². The van der Waals surface area contributed by atoms with E-state index in [4.69, 9.17) is 15.2 Å². The molecule has 1 aromatic rings. The molecule has 0 saturated heterocycles. The molecule has 0 saturated carbocycles. The standard InChI is InChI=1S/C16H25N3O4/c1-11(2)23-8-7-22-10-13-5-4-6-14(9-13)18-12(3)15(20)19-16(17)21/h4-6,9,11-12,18H,7-8,10H2,1-3H3,(H3,17,19,20,21)/t12-/m1/s1. The Hall–Kier alpha value is -2.12.